The van der Waals surface area contributed by atoms with Gasteiger partial charge in [0.2, 0.25) is 0 Å². The highest BCUT2D eigenvalue weighted by atomic mass is 16.5. The number of hydrogen-bond acceptors (Lipinski definition) is 4. The van der Waals surface area contributed by atoms with Crippen LogP contribution in [0.3, 0.4) is 0 Å². The Balaban J connectivity index is 1.92. The molecule has 1 N–H and O–H groups in total. The third kappa shape index (κ3) is 3.96. The smallest absolute Gasteiger partial charge is 0.174 e. The van der Waals surface area contributed by atoms with E-state index >= 15 is 0 Å². The molecule has 0 atom stereocenters. The molecule has 1 fully saturated rings. The average molecular weight is 287 g/mol. The number of nitrogens with one attached hydrogen (secondary N) is 1. The molecule has 1 aromatic carbocycles. The summed E-state index contributed by atoms with van der Waals surface area (Å²) >= 11 is 0. The Morgan fingerprint density at radius 3 is 2.67 bits per heavy atom. The van der Waals surface area contributed by atoms with Gasteiger partial charge in [0.1, 0.15) is 11.8 Å². The Hall–Kier alpha value is -1.57. The molecule has 0 saturated heterocycles. The van der Waals surface area contributed by atoms with Gasteiger partial charge in [0.25, 0.3) is 0 Å². The zero-order valence-corrected chi connectivity index (χ0v) is 13.1. The van der Waals surface area contributed by atoms with E-state index in [4.69, 9.17) is 10.00 Å². The first-order chi connectivity index (χ1) is 10.2. The van der Waals surface area contributed by atoms with Crippen LogP contribution >= 0.6 is 0 Å². The van der Waals surface area contributed by atoms with Gasteiger partial charge in [0, 0.05) is 24.2 Å². The minimum absolute atomic E-state index is 0.0959. The van der Waals surface area contributed by atoms with Gasteiger partial charge in [-0.15, -0.1) is 0 Å². The summed E-state index contributed by atoms with van der Waals surface area (Å²) < 4.78 is 5.47. The normalized spacial score (nSPS) is 16.9. The first-order valence-corrected chi connectivity index (χ1v) is 7.64. The van der Waals surface area contributed by atoms with Crippen LogP contribution in [-0.4, -0.2) is 37.7 Å². The van der Waals surface area contributed by atoms with Gasteiger partial charge in [0.15, 0.2) is 6.61 Å². The van der Waals surface area contributed by atoms with Crippen LogP contribution in [0.15, 0.2) is 24.3 Å². The van der Waals surface area contributed by atoms with E-state index < -0.39 is 0 Å². The highest BCUT2D eigenvalue weighted by Gasteiger charge is 2.35. The van der Waals surface area contributed by atoms with E-state index in [1.165, 1.54) is 25.7 Å². The maximum Gasteiger partial charge on any atom is 0.174 e. The van der Waals surface area contributed by atoms with Crippen molar-refractivity contribution < 1.29 is 4.74 Å². The summed E-state index contributed by atoms with van der Waals surface area (Å²) in [6.07, 6.45) is 5.17. The molecular formula is C17H25N3O. The summed E-state index contributed by atoms with van der Waals surface area (Å²) in [6.45, 7) is 1.86. The Kier molecular flexibility index (Phi) is 5.60. The SMILES string of the molecule is CN(C)C1(CNCc2ccccc2OCC#N)CCCC1. The van der Waals surface area contributed by atoms with Gasteiger partial charge >= 0.3 is 0 Å². The molecule has 1 aliphatic rings. The molecule has 0 amide bonds. The summed E-state index contributed by atoms with van der Waals surface area (Å²) in [7, 11) is 4.36. The van der Waals surface area contributed by atoms with Gasteiger partial charge < -0.3 is 15.0 Å². The van der Waals surface area contributed by atoms with Gasteiger partial charge in [-0.05, 0) is 33.0 Å². The Labute approximate surface area is 127 Å². The zero-order chi connectivity index (χ0) is 15.1. The van der Waals surface area contributed by atoms with E-state index in [0.29, 0.717) is 5.54 Å². The molecule has 0 spiro atoms. The van der Waals surface area contributed by atoms with Gasteiger partial charge in [-0.3, -0.25) is 0 Å². The van der Waals surface area contributed by atoms with Crippen molar-refractivity contribution in [2.45, 2.75) is 37.8 Å². The van der Waals surface area contributed by atoms with Crippen molar-refractivity contribution in [2.24, 2.45) is 0 Å². The largest absolute Gasteiger partial charge is 0.478 e. The second-order valence-electron chi connectivity index (χ2n) is 5.98. The second kappa shape index (κ2) is 7.44. The highest BCUT2D eigenvalue weighted by molar-refractivity contribution is 5.33. The van der Waals surface area contributed by atoms with E-state index in [1.54, 1.807) is 0 Å². The quantitative estimate of drug-likeness (QED) is 0.837. The van der Waals surface area contributed by atoms with Crippen LogP contribution in [-0.2, 0) is 6.54 Å². The number of benzene rings is 1. The molecule has 0 aromatic heterocycles. The maximum absolute atomic E-state index is 8.64. The molecule has 1 aromatic rings. The fourth-order valence-corrected chi connectivity index (χ4v) is 3.15. The average Bonchev–Trinajstić information content (AvgIpc) is 2.96. The first-order valence-electron chi connectivity index (χ1n) is 7.64. The van der Waals surface area contributed by atoms with Crippen LogP contribution in [0.1, 0.15) is 31.2 Å². The number of para-hydroxylation sites is 1. The molecule has 0 bridgehead atoms. The van der Waals surface area contributed by atoms with Gasteiger partial charge in [-0.2, -0.15) is 5.26 Å². The van der Waals surface area contributed by atoms with Crippen molar-refractivity contribution in [1.82, 2.24) is 10.2 Å². The van der Waals surface area contributed by atoms with Crippen molar-refractivity contribution >= 4 is 0 Å². The summed E-state index contributed by atoms with van der Waals surface area (Å²) in [6, 6.07) is 9.94. The second-order valence-corrected chi connectivity index (χ2v) is 5.98. The molecular weight excluding hydrogens is 262 g/mol. The van der Waals surface area contributed by atoms with E-state index in [2.05, 4.69) is 30.4 Å². The van der Waals surface area contributed by atoms with Gasteiger partial charge in [-0.25, -0.2) is 0 Å². The summed E-state index contributed by atoms with van der Waals surface area (Å²) in [5, 5.41) is 12.2. The molecule has 21 heavy (non-hydrogen) atoms. The third-order valence-electron chi connectivity index (χ3n) is 4.52. The van der Waals surface area contributed by atoms with Crippen molar-refractivity contribution in [3.63, 3.8) is 0 Å². The molecule has 0 aliphatic heterocycles. The lowest BCUT2D eigenvalue weighted by molar-refractivity contribution is 0.153. The Bertz CT molecular complexity index is 487. The van der Waals surface area contributed by atoms with E-state index in [1.807, 2.05) is 24.3 Å². The van der Waals surface area contributed by atoms with Crippen molar-refractivity contribution in [3.05, 3.63) is 29.8 Å². The minimum atomic E-state index is 0.0959. The number of likely N-dealkylation sites (N-methyl/N-ethyl adjacent to an activating group) is 1. The van der Waals surface area contributed by atoms with Crippen LogP contribution in [0.2, 0.25) is 0 Å². The predicted octanol–water partition coefficient (Wildman–Crippen LogP) is 2.55. The third-order valence-corrected chi connectivity index (χ3v) is 4.52. The first kappa shape index (κ1) is 15.8. The monoisotopic (exact) mass is 287 g/mol. The van der Waals surface area contributed by atoms with Gasteiger partial charge in [-0.1, -0.05) is 31.0 Å². The van der Waals surface area contributed by atoms with Crippen LogP contribution < -0.4 is 10.1 Å². The van der Waals surface area contributed by atoms with Crippen LogP contribution in [0.4, 0.5) is 0 Å². The summed E-state index contributed by atoms with van der Waals surface area (Å²) in [5.41, 5.74) is 1.40. The van der Waals surface area contributed by atoms with Crippen LogP contribution in [0, 0.1) is 11.3 Å². The number of nitrogens with zero attached hydrogens (tertiary/aromatic N) is 2. The lowest BCUT2D eigenvalue weighted by Gasteiger charge is -2.36. The lowest BCUT2D eigenvalue weighted by Crippen LogP contribution is -2.49. The molecule has 1 saturated carbocycles. The summed E-state index contributed by atoms with van der Waals surface area (Å²) in [4.78, 5) is 2.37. The Morgan fingerprint density at radius 1 is 1.29 bits per heavy atom. The van der Waals surface area contributed by atoms with Crippen molar-refractivity contribution in [1.29, 1.82) is 5.26 Å². The van der Waals surface area contributed by atoms with Crippen LogP contribution in [0.5, 0.6) is 5.75 Å². The number of hydrogen-bond donors (Lipinski definition) is 1. The molecule has 2 rings (SSSR count). The van der Waals surface area contributed by atoms with E-state index in [9.17, 15) is 0 Å². The summed E-state index contributed by atoms with van der Waals surface area (Å²) in [5.74, 6) is 0.803. The van der Waals surface area contributed by atoms with E-state index in [0.717, 1.165) is 24.4 Å². The predicted molar refractivity (Wildman–Crippen MR) is 84.1 cm³/mol. The molecule has 0 heterocycles. The standard InChI is InChI=1S/C17H25N3O/c1-20(2)17(9-5-6-10-17)14-19-13-15-7-3-4-8-16(15)21-12-11-18/h3-4,7-8,19H,5-6,9-10,12-14H2,1-2H3. The highest BCUT2D eigenvalue weighted by Crippen LogP contribution is 2.33. The van der Waals surface area contributed by atoms with Crippen molar-refractivity contribution in [3.8, 4) is 11.8 Å². The molecule has 4 nitrogen and oxygen atoms in total. The number of ether oxygens (including phenoxy) is 1. The molecule has 4 heteroatoms. The molecule has 0 unspecified atom stereocenters. The number of rotatable bonds is 7. The van der Waals surface area contributed by atoms with E-state index in [-0.39, 0.29) is 6.61 Å². The molecule has 0 radical (unpaired) electrons. The number of nitriles is 1. The fraction of sp³-hybridized carbons (Fsp3) is 0.588. The minimum Gasteiger partial charge on any atom is -0.478 e. The Morgan fingerprint density at radius 2 is 2.00 bits per heavy atom. The van der Waals surface area contributed by atoms with Crippen molar-refractivity contribution in [2.75, 3.05) is 27.2 Å². The fourth-order valence-electron chi connectivity index (χ4n) is 3.15. The van der Waals surface area contributed by atoms with Crippen LogP contribution in [0.25, 0.3) is 0 Å². The van der Waals surface area contributed by atoms with Gasteiger partial charge in [0.05, 0.1) is 0 Å². The topological polar surface area (TPSA) is 48.3 Å². The lowest BCUT2D eigenvalue weighted by atomic mass is 9.96. The molecule has 114 valence electrons. The zero-order valence-electron chi connectivity index (χ0n) is 13.1. The molecule has 1 aliphatic carbocycles. The maximum atomic E-state index is 8.64.